The number of aldehydes is 1. The highest BCUT2D eigenvalue weighted by molar-refractivity contribution is 5.51. The second kappa shape index (κ2) is 7.92. The second-order valence-electron chi connectivity index (χ2n) is 9.37. The van der Waals surface area contributed by atoms with Gasteiger partial charge in [-0.15, -0.1) is 0 Å². The van der Waals surface area contributed by atoms with Crippen LogP contribution in [0.15, 0.2) is 0 Å². The van der Waals surface area contributed by atoms with E-state index in [1.807, 2.05) is 0 Å². The van der Waals surface area contributed by atoms with Crippen molar-refractivity contribution >= 4 is 6.29 Å². The Kier molecular flexibility index (Phi) is 7.77. The first-order valence-electron chi connectivity index (χ1n) is 8.61. The minimum absolute atomic E-state index is 0.105. The minimum atomic E-state index is -0.438. The minimum Gasteiger partial charge on any atom is -0.368 e. The fourth-order valence-corrected chi connectivity index (χ4v) is 3.36. The number of hydrogen-bond acceptors (Lipinski definition) is 3. The average molecular weight is 314 g/mol. The Labute approximate surface area is 138 Å². The summed E-state index contributed by atoms with van der Waals surface area (Å²) in [4.78, 5) is 13.8. The predicted molar refractivity (Wildman–Crippen MR) is 95.3 cm³/mol. The maximum atomic E-state index is 11.4. The number of carbonyl (C=O) groups is 1. The maximum absolute atomic E-state index is 11.4. The van der Waals surface area contributed by atoms with E-state index in [9.17, 15) is 4.79 Å². The maximum Gasteiger partial charge on any atom is 0.122 e. The van der Waals surface area contributed by atoms with Gasteiger partial charge in [-0.25, -0.2) is 0 Å². The third-order valence-corrected chi connectivity index (χ3v) is 3.63. The van der Waals surface area contributed by atoms with Crippen molar-refractivity contribution in [3.05, 3.63) is 0 Å². The summed E-state index contributed by atoms with van der Waals surface area (Å²) in [6, 6.07) is 0.851. The monoisotopic (exact) mass is 313 g/mol. The number of rotatable bonds is 8. The van der Waals surface area contributed by atoms with Gasteiger partial charge in [0.05, 0.1) is 11.2 Å². The van der Waals surface area contributed by atoms with Crippen LogP contribution in [0.1, 0.15) is 82.1 Å². The van der Waals surface area contributed by atoms with Crippen molar-refractivity contribution in [1.29, 1.82) is 0 Å². The molecule has 0 saturated carbocycles. The van der Waals surface area contributed by atoms with Crippen molar-refractivity contribution in [3.8, 4) is 0 Å². The van der Waals surface area contributed by atoms with Crippen molar-refractivity contribution in [2.45, 2.75) is 105 Å². The number of nitrogens with zero attached hydrogens (tertiary/aromatic N) is 1. The normalized spacial score (nSPS) is 16.4. The van der Waals surface area contributed by atoms with E-state index in [2.05, 4.69) is 74.1 Å². The van der Waals surface area contributed by atoms with Gasteiger partial charge in [0, 0.05) is 25.0 Å². The highest BCUT2D eigenvalue weighted by Crippen LogP contribution is 2.36. The zero-order valence-electron chi connectivity index (χ0n) is 16.6. The molecule has 0 aromatic rings. The van der Waals surface area contributed by atoms with Gasteiger partial charge >= 0.3 is 0 Å². The molecular formula is C19H39NO2. The predicted octanol–water partition coefficient (Wildman–Crippen LogP) is 4.68. The van der Waals surface area contributed by atoms with Crippen LogP contribution in [0.5, 0.6) is 0 Å². The van der Waals surface area contributed by atoms with Crippen molar-refractivity contribution in [2.24, 2.45) is 5.41 Å². The van der Waals surface area contributed by atoms with Gasteiger partial charge in [-0.05, 0) is 60.3 Å². The molecule has 0 aliphatic heterocycles. The molecule has 0 heterocycles. The molecule has 0 amide bonds. The molecule has 1 unspecified atom stereocenters. The fourth-order valence-electron chi connectivity index (χ4n) is 3.36. The fraction of sp³-hybridized carbons (Fsp3) is 0.947. The Bertz CT molecular complexity index is 310. The Morgan fingerprint density at radius 1 is 0.955 bits per heavy atom. The van der Waals surface area contributed by atoms with E-state index < -0.39 is 5.60 Å². The number of hydrogen-bond donors (Lipinski definition) is 0. The number of carbonyl (C=O) groups excluding carboxylic acids is 1. The molecule has 0 spiro atoms. The third-order valence-electron chi connectivity index (χ3n) is 3.63. The van der Waals surface area contributed by atoms with E-state index in [0.29, 0.717) is 18.5 Å². The van der Waals surface area contributed by atoms with Crippen LogP contribution in [0.2, 0.25) is 0 Å². The zero-order chi connectivity index (χ0) is 17.8. The van der Waals surface area contributed by atoms with Crippen LogP contribution in [0, 0.1) is 5.41 Å². The van der Waals surface area contributed by atoms with Crippen LogP contribution in [-0.2, 0) is 9.53 Å². The molecule has 0 rings (SSSR count). The van der Waals surface area contributed by atoms with Gasteiger partial charge in [-0.1, -0.05) is 20.8 Å². The van der Waals surface area contributed by atoms with E-state index in [-0.39, 0.29) is 11.0 Å². The lowest BCUT2D eigenvalue weighted by Crippen LogP contribution is -2.54. The van der Waals surface area contributed by atoms with Crippen LogP contribution in [0.25, 0.3) is 0 Å². The summed E-state index contributed by atoms with van der Waals surface area (Å²) in [7, 11) is 0. The van der Waals surface area contributed by atoms with Gasteiger partial charge in [-0.2, -0.15) is 0 Å². The first-order valence-corrected chi connectivity index (χ1v) is 8.61. The van der Waals surface area contributed by atoms with E-state index in [1.54, 1.807) is 0 Å². The lowest BCUT2D eigenvalue weighted by molar-refractivity contribution is -0.167. The first-order chi connectivity index (χ1) is 9.71. The summed E-state index contributed by atoms with van der Waals surface area (Å²) >= 11 is 0. The van der Waals surface area contributed by atoms with Crippen LogP contribution in [0.4, 0.5) is 0 Å². The topological polar surface area (TPSA) is 29.5 Å². The summed E-state index contributed by atoms with van der Waals surface area (Å²) in [5.41, 5.74) is -0.603. The molecule has 0 radical (unpaired) electrons. The van der Waals surface area contributed by atoms with Gasteiger partial charge in [0.15, 0.2) is 0 Å². The molecule has 3 heteroatoms. The van der Waals surface area contributed by atoms with Crippen molar-refractivity contribution < 1.29 is 9.53 Å². The summed E-state index contributed by atoms with van der Waals surface area (Å²) in [6.07, 6.45) is 2.33. The molecule has 0 N–H and O–H groups in total. The van der Waals surface area contributed by atoms with E-state index in [4.69, 9.17) is 4.74 Å². The summed E-state index contributed by atoms with van der Waals surface area (Å²) in [5, 5.41) is 0. The Morgan fingerprint density at radius 2 is 1.41 bits per heavy atom. The average Bonchev–Trinajstić information content (AvgIpc) is 2.20. The Hall–Kier alpha value is -0.410. The molecule has 0 fully saturated rings. The molecule has 0 aliphatic carbocycles. The molecule has 132 valence electrons. The smallest absolute Gasteiger partial charge is 0.122 e. The van der Waals surface area contributed by atoms with Gasteiger partial charge in [0.25, 0.3) is 0 Å². The third kappa shape index (κ3) is 8.28. The summed E-state index contributed by atoms with van der Waals surface area (Å²) in [5.74, 6) is 0. The quantitative estimate of drug-likeness (QED) is 0.609. The van der Waals surface area contributed by atoms with Gasteiger partial charge in [0.2, 0.25) is 0 Å². The molecule has 0 aliphatic rings. The Morgan fingerprint density at radius 3 is 1.68 bits per heavy atom. The molecule has 1 atom stereocenters. The van der Waals surface area contributed by atoms with Gasteiger partial charge < -0.3 is 9.53 Å². The molecule has 0 aromatic heterocycles. The van der Waals surface area contributed by atoms with E-state index in [0.717, 1.165) is 19.3 Å². The standard InChI is InChI=1S/C19H39NO2/c1-15(2)20(16(3)4)14-19(11-12-21,13-17(5,6)7)22-18(8,9)10/h12,15-16H,11,13-14H2,1-10H3. The van der Waals surface area contributed by atoms with Crippen LogP contribution < -0.4 is 0 Å². The SMILES string of the molecule is CC(C)N(CC(CC=O)(CC(C)(C)C)OC(C)(C)C)C(C)C. The van der Waals surface area contributed by atoms with Crippen LogP contribution in [-0.4, -0.2) is 41.0 Å². The van der Waals surface area contributed by atoms with Gasteiger partial charge in [-0.3, -0.25) is 4.90 Å². The van der Waals surface area contributed by atoms with Crippen LogP contribution >= 0.6 is 0 Å². The molecular weight excluding hydrogens is 274 g/mol. The molecule has 22 heavy (non-hydrogen) atoms. The summed E-state index contributed by atoms with van der Waals surface area (Å²) < 4.78 is 6.50. The second-order valence-corrected chi connectivity index (χ2v) is 9.37. The lowest BCUT2D eigenvalue weighted by atomic mass is 9.79. The zero-order valence-corrected chi connectivity index (χ0v) is 16.6. The molecule has 0 bridgehead atoms. The van der Waals surface area contributed by atoms with E-state index >= 15 is 0 Å². The molecule has 0 aromatic carbocycles. The first kappa shape index (κ1) is 21.6. The van der Waals surface area contributed by atoms with E-state index in [1.165, 1.54) is 0 Å². The highest BCUT2D eigenvalue weighted by atomic mass is 16.5. The largest absolute Gasteiger partial charge is 0.368 e. The van der Waals surface area contributed by atoms with Crippen molar-refractivity contribution in [1.82, 2.24) is 4.90 Å². The van der Waals surface area contributed by atoms with Gasteiger partial charge in [0.1, 0.15) is 6.29 Å². The molecule has 0 saturated heterocycles. The molecule has 3 nitrogen and oxygen atoms in total. The highest BCUT2D eigenvalue weighted by Gasteiger charge is 2.41. The number of ether oxygens (including phenoxy) is 1. The lowest BCUT2D eigenvalue weighted by Gasteiger charge is -2.46. The van der Waals surface area contributed by atoms with Crippen molar-refractivity contribution in [2.75, 3.05) is 6.54 Å². The Balaban J connectivity index is 5.64. The summed E-state index contributed by atoms with van der Waals surface area (Å²) in [6.45, 7) is 22.5. The van der Waals surface area contributed by atoms with Crippen molar-refractivity contribution in [3.63, 3.8) is 0 Å². The van der Waals surface area contributed by atoms with Crippen LogP contribution in [0.3, 0.4) is 0 Å².